The number of amides is 1. The highest BCUT2D eigenvalue weighted by atomic mass is 16.6. The highest BCUT2D eigenvalue weighted by molar-refractivity contribution is 5.94. The number of methoxy groups -OCH3 is 1. The van der Waals surface area contributed by atoms with Gasteiger partial charge in [0.15, 0.2) is 0 Å². The van der Waals surface area contributed by atoms with E-state index in [1.54, 1.807) is 6.07 Å². The van der Waals surface area contributed by atoms with Crippen molar-refractivity contribution in [3.05, 3.63) is 58.1 Å². The van der Waals surface area contributed by atoms with Crippen LogP contribution >= 0.6 is 0 Å². The summed E-state index contributed by atoms with van der Waals surface area (Å²) in [5.41, 5.74) is 1.99. The molecule has 0 unspecified atom stereocenters. The molecule has 0 radical (unpaired) electrons. The Balaban J connectivity index is 2.05. The molecule has 0 saturated carbocycles. The van der Waals surface area contributed by atoms with Gasteiger partial charge in [0.2, 0.25) is 5.91 Å². The Hall–Kier alpha value is -3.09. The SMILES string of the molecule is COc1ccc([N+](=O)[O-])cc1NCC(=O)Nc1ccccc1C. The lowest BCUT2D eigenvalue weighted by atomic mass is 10.2. The van der Waals surface area contributed by atoms with Crippen molar-refractivity contribution in [3.8, 4) is 5.75 Å². The van der Waals surface area contributed by atoms with Gasteiger partial charge in [-0.25, -0.2) is 0 Å². The van der Waals surface area contributed by atoms with Crippen LogP contribution in [0.5, 0.6) is 5.75 Å². The Labute approximate surface area is 133 Å². The summed E-state index contributed by atoms with van der Waals surface area (Å²) >= 11 is 0. The van der Waals surface area contributed by atoms with Gasteiger partial charge in [-0.1, -0.05) is 18.2 Å². The Morgan fingerprint density at radius 3 is 2.61 bits per heavy atom. The number of hydrogen-bond donors (Lipinski definition) is 2. The van der Waals surface area contributed by atoms with Gasteiger partial charge in [0, 0.05) is 17.8 Å². The second kappa shape index (κ2) is 7.26. The molecule has 0 aliphatic carbocycles. The molecule has 0 atom stereocenters. The van der Waals surface area contributed by atoms with Crippen molar-refractivity contribution in [3.63, 3.8) is 0 Å². The number of carbonyl (C=O) groups excluding carboxylic acids is 1. The van der Waals surface area contributed by atoms with E-state index in [2.05, 4.69) is 10.6 Å². The van der Waals surface area contributed by atoms with Crippen LogP contribution in [0.4, 0.5) is 17.1 Å². The number of ether oxygens (including phenoxy) is 1. The molecule has 0 spiro atoms. The number of nitrogens with one attached hydrogen (secondary N) is 2. The van der Waals surface area contributed by atoms with Crippen LogP contribution in [-0.4, -0.2) is 24.5 Å². The van der Waals surface area contributed by atoms with Crippen LogP contribution < -0.4 is 15.4 Å². The van der Waals surface area contributed by atoms with E-state index in [0.29, 0.717) is 11.4 Å². The van der Waals surface area contributed by atoms with Crippen molar-refractivity contribution >= 4 is 23.0 Å². The van der Waals surface area contributed by atoms with Gasteiger partial charge >= 0.3 is 0 Å². The number of benzene rings is 2. The Morgan fingerprint density at radius 2 is 1.96 bits per heavy atom. The summed E-state index contributed by atoms with van der Waals surface area (Å²) < 4.78 is 5.13. The molecule has 0 heterocycles. The first-order valence-corrected chi connectivity index (χ1v) is 6.93. The van der Waals surface area contributed by atoms with Crippen molar-refractivity contribution in [1.29, 1.82) is 0 Å². The summed E-state index contributed by atoms with van der Waals surface area (Å²) in [5, 5.41) is 16.5. The average Bonchev–Trinajstić information content (AvgIpc) is 2.54. The zero-order valence-electron chi connectivity index (χ0n) is 12.8. The molecule has 0 aliphatic heterocycles. The summed E-state index contributed by atoms with van der Waals surface area (Å²) in [4.78, 5) is 22.3. The van der Waals surface area contributed by atoms with Crippen molar-refractivity contribution in [2.75, 3.05) is 24.3 Å². The fourth-order valence-electron chi connectivity index (χ4n) is 2.03. The zero-order valence-corrected chi connectivity index (χ0v) is 12.8. The van der Waals surface area contributed by atoms with Gasteiger partial charge in [0.25, 0.3) is 5.69 Å². The minimum Gasteiger partial charge on any atom is -0.495 e. The molecule has 0 saturated heterocycles. The third-order valence-electron chi connectivity index (χ3n) is 3.25. The van der Waals surface area contributed by atoms with Gasteiger partial charge in [-0.3, -0.25) is 14.9 Å². The molecular formula is C16H17N3O4. The number of nitro benzene ring substituents is 1. The molecule has 120 valence electrons. The van der Waals surface area contributed by atoms with Crippen molar-refractivity contribution in [1.82, 2.24) is 0 Å². The van der Waals surface area contributed by atoms with Crippen LogP contribution in [0.25, 0.3) is 0 Å². The third-order valence-corrected chi connectivity index (χ3v) is 3.25. The van der Waals surface area contributed by atoms with Crippen molar-refractivity contribution in [2.45, 2.75) is 6.92 Å². The lowest BCUT2D eigenvalue weighted by molar-refractivity contribution is -0.384. The summed E-state index contributed by atoms with van der Waals surface area (Å²) in [7, 11) is 1.46. The fraction of sp³-hybridized carbons (Fsp3) is 0.188. The minimum atomic E-state index is -0.502. The maximum absolute atomic E-state index is 12.0. The maximum atomic E-state index is 12.0. The van der Waals surface area contributed by atoms with E-state index in [1.165, 1.54) is 25.3 Å². The highest BCUT2D eigenvalue weighted by Crippen LogP contribution is 2.28. The molecule has 1 amide bonds. The summed E-state index contributed by atoms with van der Waals surface area (Å²) in [6.07, 6.45) is 0. The van der Waals surface area contributed by atoms with Crippen LogP contribution in [0.1, 0.15) is 5.56 Å². The normalized spacial score (nSPS) is 10.0. The van der Waals surface area contributed by atoms with Gasteiger partial charge < -0.3 is 15.4 Å². The van der Waals surface area contributed by atoms with Gasteiger partial charge in [-0.2, -0.15) is 0 Å². The van der Waals surface area contributed by atoms with Crippen LogP contribution in [0, 0.1) is 17.0 Å². The quantitative estimate of drug-likeness (QED) is 0.631. The maximum Gasteiger partial charge on any atom is 0.271 e. The smallest absolute Gasteiger partial charge is 0.271 e. The van der Waals surface area contributed by atoms with Crippen LogP contribution in [0.2, 0.25) is 0 Å². The Kier molecular flexibility index (Phi) is 5.14. The number of nitrogens with zero attached hydrogens (tertiary/aromatic N) is 1. The first-order chi connectivity index (χ1) is 11.0. The predicted molar refractivity (Wildman–Crippen MR) is 87.9 cm³/mol. The number of aryl methyl sites for hydroxylation is 1. The van der Waals surface area contributed by atoms with Crippen LogP contribution in [0.3, 0.4) is 0 Å². The third kappa shape index (κ3) is 4.19. The predicted octanol–water partition coefficient (Wildman–Crippen LogP) is 2.96. The van der Waals surface area contributed by atoms with E-state index in [9.17, 15) is 14.9 Å². The number of carbonyl (C=O) groups is 1. The monoisotopic (exact) mass is 315 g/mol. The van der Waals surface area contributed by atoms with Gasteiger partial charge in [-0.05, 0) is 24.6 Å². The summed E-state index contributed by atoms with van der Waals surface area (Å²) in [6.45, 7) is 1.86. The molecule has 23 heavy (non-hydrogen) atoms. The number of anilines is 2. The number of nitro groups is 1. The second-order valence-corrected chi connectivity index (χ2v) is 4.86. The van der Waals surface area contributed by atoms with Crippen molar-refractivity contribution < 1.29 is 14.5 Å². The minimum absolute atomic E-state index is 0.0359. The molecule has 0 aliphatic rings. The summed E-state index contributed by atoms with van der Waals surface area (Å²) in [5.74, 6) is 0.173. The first-order valence-electron chi connectivity index (χ1n) is 6.93. The molecule has 0 aromatic heterocycles. The molecule has 2 aromatic rings. The molecule has 0 fully saturated rings. The average molecular weight is 315 g/mol. The number of non-ortho nitro benzene ring substituents is 1. The number of hydrogen-bond acceptors (Lipinski definition) is 5. The standard InChI is InChI=1S/C16H17N3O4/c1-11-5-3-4-6-13(11)18-16(20)10-17-14-9-12(19(21)22)7-8-15(14)23-2/h3-9,17H,10H2,1-2H3,(H,18,20). The van der Waals surface area contributed by atoms with E-state index >= 15 is 0 Å². The Bertz CT molecular complexity index is 731. The topological polar surface area (TPSA) is 93.5 Å². The molecule has 7 nitrogen and oxygen atoms in total. The first kappa shape index (κ1) is 16.3. The molecule has 7 heteroatoms. The molecule has 2 rings (SSSR count). The van der Waals surface area contributed by atoms with Gasteiger partial charge in [0.1, 0.15) is 5.75 Å². The zero-order chi connectivity index (χ0) is 16.8. The second-order valence-electron chi connectivity index (χ2n) is 4.86. The summed E-state index contributed by atoms with van der Waals surface area (Å²) in [6, 6.07) is 11.6. The van der Waals surface area contributed by atoms with Crippen LogP contribution in [0.15, 0.2) is 42.5 Å². The van der Waals surface area contributed by atoms with Crippen LogP contribution in [-0.2, 0) is 4.79 Å². The van der Waals surface area contributed by atoms with E-state index < -0.39 is 4.92 Å². The highest BCUT2D eigenvalue weighted by Gasteiger charge is 2.12. The lowest BCUT2D eigenvalue weighted by Gasteiger charge is -2.12. The lowest BCUT2D eigenvalue weighted by Crippen LogP contribution is -2.22. The molecular weight excluding hydrogens is 298 g/mol. The molecule has 2 N–H and O–H groups in total. The molecule has 2 aromatic carbocycles. The number of rotatable bonds is 6. The number of para-hydroxylation sites is 1. The molecule has 0 bridgehead atoms. The van der Waals surface area contributed by atoms with E-state index in [1.807, 2.05) is 25.1 Å². The van der Waals surface area contributed by atoms with Gasteiger partial charge in [0.05, 0.1) is 24.3 Å². The largest absolute Gasteiger partial charge is 0.495 e. The van der Waals surface area contributed by atoms with E-state index in [0.717, 1.165) is 11.3 Å². The van der Waals surface area contributed by atoms with Gasteiger partial charge in [-0.15, -0.1) is 0 Å². The fourth-order valence-corrected chi connectivity index (χ4v) is 2.03. The Morgan fingerprint density at radius 1 is 1.22 bits per heavy atom. The van der Waals surface area contributed by atoms with E-state index in [-0.39, 0.29) is 18.1 Å². The van der Waals surface area contributed by atoms with E-state index in [4.69, 9.17) is 4.74 Å². The van der Waals surface area contributed by atoms with Crippen molar-refractivity contribution in [2.24, 2.45) is 0 Å².